The monoisotopic (exact) mass is 270 g/mol. The number of hydrogen-bond donors (Lipinski definition) is 0. The van der Waals surface area contributed by atoms with Gasteiger partial charge in [0.2, 0.25) is 0 Å². The summed E-state index contributed by atoms with van der Waals surface area (Å²) in [6, 6.07) is 0. The minimum atomic E-state index is 1.02. The predicted molar refractivity (Wildman–Crippen MR) is 29.0 cm³/mol. The molecule has 32 valence electrons. The molecule has 0 radical (unpaired) electrons. The Morgan fingerprint density at radius 1 is 1.00 bits per heavy atom. The Balaban J connectivity index is 2.19. The molecule has 0 fully saturated rings. The fourth-order valence-electron chi connectivity index (χ4n) is 0.0680. The van der Waals surface area contributed by atoms with Crippen LogP contribution in [0, 0.1) is 0 Å². The zero-order chi connectivity index (χ0) is 4.12. The molecule has 0 aliphatic carbocycles. The molecule has 0 bridgehead atoms. The van der Waals surface area contributed by atoms with Gasteiger partial charge in [-0.3, -0.25) is 0 Å². The van der Waals surface area contributed by atoms with Crippen LogP contribution in [0.15, 0.2) is 0 Å². The molecule has 0 atom stereocenters. The first-order chi connectivity index (χ1) is 2.41. The van der Waals surface area contributed by atoms with E-state index in [1.165, 1.54) is 0 Å². The fourth-order valence-corrected chi connectivity index (χ4v) is 9.55. The summed E-state index contributed by atoms with van der Waals surface area (Å²) in [4.78, 5) is 0. The first-order valence-electron chi connectivity index (χ1n) is 1.15. The summed E-state index contributed by atoms with van der Waals surface area (Å²) in [6.45, 7) is 0. The van der Waals surface area contributed by atoms with E-state index in [0.717, 1.165) is 37.6 Å². The second kappa shape index (κ2) is 5.56. The Labute approximate surface area is 49.1 Å². The van der Waals surface area contributed by atoms with Crippen molar-refractivity contribution in [3.8, 4) is 0 Å². The van der Waals surface area contributed by atoms with Crippen molar-refractivity contribution < 1.29 is 0 Å². The Hall–Kier alpha value is 1.56. The van der Waals surface area contributed by atoms with Crippen molar-refractivity contribution in [2.75, 3.05) is 0 Å². The van der Waals surface area contributed by atoms with E-state index >= 15 is 0 Å². The molecule has 0 unspecified atom stereocenters. The van der Waals surface area contributed by atoms with Gasteiger partial charge in [0.05, 0.1) is 0 Å². The van der Waals surface area contributed by atoms with Crippen molar-refractivity contribution in [2.24, 2.45) is 0 Å². The molecule has 0 saturated carbocycles. The van der Waals surface area contributed by atoms with Crippen LogP contribution in [0.5, 0.6) is 0 Å². The normalized spacial score (nSPS) is 8.40. The zero-order valence-corrected chi connectivity index (χ0v) is 8.36. The molecule has 3 heteroatoms. The van der Waals surface area contributed by atoms with Gasteiger partial charge in [0.15, 0.2) is 0 Å². The van der Waals surface area contributed by atoms with Crippen LogP contribution in [0.1, 0.15) is 0 Å². The molecule has 0 amide bonds. The molecule has 0 aromatic heterocycles. The van der Waals surface area contributed by atoms with E-state index in [-0.39, 0.29) is 0 Å². The van der Waals surface area contributed by atoms with E-state index < -0.39 is 0 Å². The van der Waals surface area contributed by atoms with Gasteiger partial charge in [-0.25, -0.2) is 0 Å². The summed E-state index contributed by atoms with van der Waals surface area (Å²) in [5, 5.41) is 0. The Morgan fingerprint density at radius 3 is 1.40 bits per heavy atom. The summed E-state index contributed by atoms with van der Waals surface area (Å²) in [5.41, 5.74) is 0. The molecular formula is C2H6Se3. The van der Waals surface area contributed by atoms with Crippen molar-refractivity contribution in [3.05, 3.63) is 0 Å². The van der Waals surface area contributed by atoms with Gasteiger partial charge in [-0.1, -0.05) is 0 Å². The summed E-state index contributed by atoms with van der Waals surface area (Å²) in [5.74, 6) is 4.64. The van der Waals surface area contributed by atoms with E-state index in [2.05, 4.69) is 11.6 Å². The molecule has 0 aromatic carbocycles. The maximum absolute atomic E-state index is 2.32. The van der Waals surface area contributed by atoms with Crippen molar-refractivity contribution in [2.45, 2.75) is 11.6 Å². The Bertz CT molecular complexity index is 12.4. The van der Waals surface area contributed by atoms with Crippen molar-refractivity contribution in [1.29, 1.82) is 0 Å². The van der Waals surface area contributed by atoms with E-state index in [1.807, 2.05) is 0 Å². The maximum atomic E-state index is 2.32. The molecule has 0 nitrogen and oxygen atoms in total. The molecule has 0 aliphatic heterocycles. The molecule has 0 N–H and O–H groups in total. The van der Waals surface area contributed by atoms with Gasteiger partial charge in [0.1, 0.15) is 0 Å². The van der Waals surface area contributed by atoms with E-state index in [1.54, 1.807) is 0 Å². The predicted octanol–water partition coefficient (Wildman–Crippen LogP) is 0.0252. The number of rotatable bonds is 2. The summed E-state index contributed by atoms with van der Waals surface area (Å²) in [7, 11) is 0. The molecule has 0 saturated heterocycles. The van der Waals surface area contributed by atoms with Gasteiger partial charge in [0.25, 0.3) is 0 Å². The van der Waals surface area contributed by atoms with Crippen LogP contribution in [0.2, 0.25) is 11.6 Å². The van der Waals surface area contributed by atoms with Gasteiger partial charge < -0.3 is 0 Å². The van der Waals surface area contributed by atoms with Gasteiger partial charge in [0, 0.05) is 0 Å². The van der Waals surface area contributed by atoms with Crippen molar-refractivity contribution in [1.82, 2.24) is 0 Å². The van der Waals surface area contributed by atoms with Crippen LogP contribution in [-0.4, -0.2) is 37.6 Å². The molecule has 5 heavy (non-hydrogen) atoms. The summed E-state index contributed by atoms with van der Waals surface area (Å²) < 4.78 is 0. The first kappa shape index (κ1) is 6.56. The Morgan fingerprint density at radius 2 is 1.40 bits per heavy atom. The van der Waals surface area contributed by atoms with Gasteiger partial charge in [-0.2, -0.15) is 0 Å². The van der Waals surface area contributed by atoms with Gasteiger partial charge >= 0.3 is 49.2 Å². The third kappa shape index (κ3) is 5.56. The SMILES string of the molecule is C[Se][Se][Se]C. The summed E-state index contributed by atoms with van der Waals surface area (Å²) in [6.07, 6.45) is 0. The van der Waals surface area contributed by atoms with Gasteiger partial charge in [-0.05, 0) is 0 Å². The van der Waals surface area contributed by atoms with E-state index in [0.29, 0.717) is 0 Å². The number of hydrogen-bond acceptors (Lipinski definition) is 0. The third-order valence-corrected chi connectivity index (χ3v) is 19.1. The average Bonchev–Trinajstić information content (AvgIpc) is 1.41. The quantitative estimate of drug-likeness (QED) is 0.619. The van der Waals surface area contributed by atoms with Crippen molar-refractivity contribution in [3.63, 3.8) is 0 Å². The molecule has 0 rings (SSSR count). The van der Waals surface area contributed by atoms with Gasteiger partial charge in [-0.15, -0.1) is 0 Å². The minimum absolute atomic E-state index is 1.02. The molecule has 0 aromatic rings. The topological polar surface area (TPSA) is 0 Å². The van der Waals surface area contributed by atoms with Crippen LogP contribution >= 0.6 is 0 Å². The fraction of sp³-hybridized carbons (Fsp3) is 1.00. The van der Waals surface area contributed by atoms with Crippen LogP contribution in [0.4, 0.5) is 0 Å². The second-order valence-electron chi connectivity index (χ2n) is 0.401. The van der Waals surface area contributed by atoms with Crippen molar-refractivity contribution >= 4 is 37.6 Å². The third-order valence-electron chi connectivity index (χ3n) is 0.136. The van der Waals surface area contributed by atoms with Crippen LogP contribution in [-0.2, 0) is 0 Å². The molecular weight excluding hydrogens is 261 g/mol. The van der Waals surface area contributed by atoms with Crippen LogP contribution < -0.4 is 0 Å². The van der Waals surface area contributed by atoms with Crippen LogP contribution in [0.25, 0.3) is 0 Å². The summed E-state index contributed by atoms with van der Waals surface area (Å²) >= 11 is 3.11. The molecule has 0 spiro atoms. The van der Waals surface area contributed by atoms with Crippen LogP contribution in [0.3, 0.4) is 0 Å². The molecule has 0 heterocycles. The standard InChI is InChI=1S/C2H6Se3/c1-3-5-4-2/h1-2H3. The first-order valence-corrected chi connectivity index (χ1v) is 13.2. The molecule has 0 aliphatic rings. The Kier molecular flexibility index (Phi) is 7.29. The van der Waals surface area contributed by atoms with E-state index in [4.69, 9.17) is 0 Å². The van der Waals surface area contributed by atoms with E-state index in [9.17, 15) is 0 Å². The average molecular weight is 267 g/mol. The second-order valence-corrected chi connectivity index (χ2v) is 18.5. The zero-order valence-electron chi connectivity index (χ0n) is 3.22.